The summed E-state index contributed by atoms with van der Waals surface area (Å²) < 4.78 is 10.5. The summed E-state index contributed by atoms with van der Waals surface area (Å²) in [6, 6.07) is 3.63. The Balaban J connectivity index is 1.78. The van der Waals surface area contributed by atoms with Gasteiger partial charge in [0.2, 0.25) is 0 Å². The van der Waals surface area contributed by atoms with Crippen molar-refractivity contribution in [2.45, 2.75) is 25.2 Å². The van der Waals surface area contributed by atoms with Crippen molar-refractivity contribution in [1.29, 1.82) is 0 Å². The van der Waals surface area contributed by atoms with Crippen molar-refractivity contribution in [2.24, 2.45) is 5.73 Å². The Labute approximate surface area is 141 Å². The van der Waals surface area contributed by atoms with E-state index >= 15 is 0 Å². The molecule has 1 amide bonds. The molecule has 0 unspecified atom stereocenters. The molecule has 3 rings (SSSR count). The Bertz CT molecular complexity index is 718. The number of hydrogen-bond donors (Lipinski definition) is 2. The number of nitrogen functional groups attached to an aromatic ring is 1. The van der Waals surface area contributed by atoms with Gasteiger partial charge in [-0.05, 0) is 56.0 Å². The van der Waals surface area contributed by atoms with Gasteiger partial charge in [-0.15, -0.1) is 0 Å². The van der Waals surface area contributed by atoms with Gasteiger partial charge in [-0.1, -0.05) is 0 Å². The van der Waals surface area contributed by atoms with Crippen LogP contribution in [-0.4, -0.2) is 44.2 Å². The Morgan fingerprint density at radius 1 is 1.42 bits per heavy atom. The number of likely N-dealkylation sites (tertiary alicyclic amines) is 1. The second-order valence-corrected chi connectivity index (χ2v) is 6.42. The fraction of sp³-hybridized carbons (Fsp3) is 0.500. The van der Waals surface area contributed by atoms with E-state index in [0.717, 1.165) is 56.5 Å². The second kappa shape index (κ2) is 7.23. The molecule has 1 aromatic heterocycles. The smallest absolute Gasteiger partial charge is 0.252 e. The minimum Gasteiger partial charge on any atom is -0.463 e. The predicted octanol–water partition coefficient (Wildman–Crippen LogP) is 2.33. The predicted molar refractivity (Wildman–Crippen MR) is 94.1 cm³/mol. The third kappa shape index (κ3) is 3.25. The van der Waals surface area contributed by atoms with Crippen molar-refractivity contribution >= 4 is 22.6 Å². The van der Waals surface area contributed by atoms with E-state index in [9.17, 15) is 4.79 Å². The Morgan fingerprint density at radius 3 is 2.83 bits per heavy atom. The molecule has 0 aliphatic carbocycles. The van der Waals surface area contributed by atoms with E-state index in [0.29, 0.717) is 22.8 Å². The van der Waals surface area contributed by atoms with Crippen LogP contribution in [0.15, 0.2) is 22.8 Å². The molecule has 2 aromatic rings. The number of furan rings is 1. The van der Waals surface area contributed by atoms with Crippen molar-refractivity contribution in [3.63, 3.8) is 0 Å². The highest BCUT2D eigenvalue weighted by atomic mass is 16.5. The van der Waals surface area contributed by atoms with Crippen LogP contribution < -0.4 is 11.5 Å². The summed E-state index contributed by atoms with van der Waals surface area (Å²) >= 11 is 0. The normalized spacial score (nSPS) is 16.7. The molecule has 4 N–H and O–H groups in total. The number of ether oxygens (including phenoxy) is 1. The number of carbonyl (C=O) groups excluding carboxylic acids is 1. The maximum atomic E-state index is 11.8. The zero-order valence-corrected chi connectivity index (χ0v) is 14.1. The van der Waals surface area contributed by atoms with E-state index in [4.69, 9.17) is 20.6 Å². The number of primary amides is 1. The number of piperidine rings is 1. The van der Waals surface area contributed by atoms with Crippen LogP contribution in [0.4, 0.5) is 5.69 Å². The highest BCUT2D eigenvalue weighted by Crippen LogP contribution is 2.37. The van der Waals surface area contributed by atoms with Crippen LogP contribution in [-0.2, 0) is 4.74 Å². The molecule has 0 saturated carbocycles. The van der Waals surface area contributed by atoms with E-state index in [1.807, 2.05) is 6.07 Å². The molecule has 0 radical (unpaired) electrons. The molecule has 130 valence electrons. The summed E-state index contributed by atoms with van der Waals surface area (Å²) in [5, 5.41) is 0.781. The average Bonchev–Trinajstić information content (AvgIpc) is 3.06. The van der Waals surface area contributed by atoms with E-state index in [1.54, 1.807) is 19.4 Å². The van der Waals surface area contributed by atoms with Crippen LogP contribution in [0.25, 0.3) is 11.0 Å². The van der Waals surface area contributed by atoms with Gasteiger partial charge in [-0.3, -0.25) is 4.79 Å². The SMILES string of the molecule is COCCCN1CCC(c2cc(C(N)=O)c3occc3c2N)CC1. The van der Waals surface area contributed by atoms with Crippen LogP contribution in [0.5, 0.6) is 0 Å². The fourth-order valence-corrected chi connectivity index (χ4v) is 3.61. The quantitative estimate of drug-likeness (QED) is 0.626. The third-order valence-corrected chi connectivity index (χ3v) is 4.93. The maximum absolute atomic E-state index is 11.8. The Morgan fingerprint density at radius 2 is 2.17 bits per heavy atom. The first-order valence-electron chi connectivity index (χ1n) is 8.42. The summed E-state index contributed by atoms with van der Waals surface area (Å²) in [4.78, 5) is 14.2. The number of nitrogens with zero attached hydrogens (tertiary/aromatic N) is 1. The molecule has 1 aliphatic rings. The average molecular weight is 331 g/mol. The molecule has 6 heteroatoms. The lowest BCUT2D eigenvalue weighted by atomic mass is 9.86. The van der Waals surface area contributed by atoms with Gasteiger partial charge in [0.25, 0.3) is 5.91 Å². The number of fused-ring (bicyclic) bond motifs is 1. The molecule has 0 bridgehead atoms. The van der Waals surface area contributed by atoms with Crippen molar-refractivity contribution in [1.82, 2.24) is 4.90 Å². The number of nitrogens with two attached hydrogens (primary N) is 2. The van der Waals surface area contributed by atoms with E-state index in [1.165, 1.54) is 0 Å². The van der Waals surface area contributed by atoms with Crippen molar-refractivity contribution in [2.75, 3.05) is 39.1 Å². The zero-order chi connectivity index (χ0) is 17.1. The molecule has 0 spiro atoms. The summed E-state index contributed by atoms with van der Waals surface area (Å²) in [5.41, 5.74) is 14.5. The van der Waals surface area contributed by atoms with E-state index in [2.05, 4.69) is 4.90 Å². The lowest BCUT2D eigenvalue weighted by molar-refractivity contribution is 0.100. The van der Waals surface area contributed by atoms with E-state index < -0.39 is 5.91 Å². The van der Waals surface area contributed by atoms with Crippen molar-refractivity contribution in [3.8, 4) is 0 Å². The number of methoxy groups -OCH3 is 1. The van der Waals surface area contributed by atoms with Gasteiger partial charge in [0, 0.05) is 31.3 Å². The molecule has 1 saturated heterocycles. The van der Waals surface area contributed by atoms with Gasteiger partial charge >= 0.3 is 0 Å². The first-order chi connectivity index (χ1) is 11.6. The lowest BCUT2D eigenvalue weighted by Gasteiger charge is -2.32. The molecule has 1 aliphatic heterocycles. The van der Waals surface area contributed by atoms with Gasteiger partial charge in [-0.2, -0.15) is 0 Å². The third-order valence-electron chi connectivity index (χ3n) is 4.93. The van der Waals surface area contributed by atoms with Crippen molar-refractivity contribution in [3.05, 3.63) is 29.5 Å². The molecule has 1 fully saturated rings. The molecule has 24 heavy (non-hydrogen) atoms. The number of amides is 1. The van der Waals surface area contributed by atoms with Crippen LogP contribution in [0.3, 0.4) is 0 Å². The largest absolute Gasteiger partial charge is 0.463 e. The molecule has 0 atom stereocenters. The topological polar surface area (TPSA) is 94.7 Å². The minimum absolute atomic E-state index is 0.348. The molecule has 1 aromatic carbocycles. The van der Waals surface area contributed by atoms with Gasteiger partial charge in [-0.25, -0.2) is 0 Å². The fourth-order valence-electron chi connectivity index (χ4n) is 3.61. The summed E-state index contributed by atoms with van der Waals surface area (Å²) in [6.07, 6.45) is 4.66. The summed E-state index contributed by atoms with van der Waals surface area (Å²) in [6.45, 7) is 3.92. The van der Waals surface area contributed by atoms with Gasteiger partial charge in [0.05, 0.1) is 11.8 Å². The number of carbonyl (C=O) groups is 1. The van der Waals surface area contributed by atoms with Crippen LogP contribution >= 0.6 is 0 Å². The summed E-state index contributed by atoms with van der Waals surface area (Å²) in [5.74, 6) is -0.130. The molecule has 2 heterocycles. The number of rotatable bonds is 6. The highest BCUT2D eigenvalue weighted by molar-refractivity contribution is 6.08. The number of hydrogen-bond acceptors (Lipinski definition) is 5. The highest BCUT2D eigenvalue weighted by Gasteiger charge is 2.25. The van der Waals surface area contributed by atoms with E-state index in [-0.39, 0.29) is 0 Å². The number of benzene rings is 1. The Kier molecular flexibility index (Phi) is 5.06. The molecular weight excluding hydrogens is 306 g/mol. The van der Waals surface area contributed by atoms with Crippen LogP contribution in [0.1, 0.15) is 41.1 Å². The molecular formula is C18H25N3O3. The lowest BCUT2D eigenvalue weighted by Crippen LogP contribution is -2.34. The van der Waals surface area contributed by atoms with Gasteiger partial charge in [0.15, 0.2) is 0 Å². The standard InChI is InChI=1S/C18H25N3O3/c1-23-9-2-6-21-7-3-12(4-8-21)14-11-15(18(20)22)17-13(16(14)19)5-10-24-17/h5,10-12H,2-4,6-9,19H2,1H3,(H2,20,22). The number of anilines is 1. The maximum Gasteiger partial charge on any atom is 0.252 e. The monoisotopic (exact) mass is 331 g/mol. The Hall–Kier alpha value is -2.05. The van der Waals surface area contributed by atoms with Crippen LogP contribution in [0.2, 0.25) is 0 Å². The van der Waals surface area contributed by atoms with Gasteiger partial charge < -0.3 is 25.5 Å². The minimum atomic E-state index is -0.479. The second-order valence-electron chi connectivity index (χ2n) is 6.42. The first-order valence-corrected chi connectivity index (χ1v) is 8.42. The van der Waals surface area contributed by atoms with Crippen LogP contribution in [0, 0.1) is 0 Å². The summed E-state index contributed by atoms with van der Waals surface area (Å²) in [7, 11) is 1.73. The van der Waals surface area contributed by atoms with Gasteiger partial charge in [0.1, 0.15) is 5.58 Å². The first kappa shape index (κ1) is 16.8. The van der Waals surface area contributed by atoms with Crippen molar-refractivity contribution < 1.29 is 13.9 Å². The zero-order valence-electron chi connectivity index (χ0n) is 14.1. The molecule has 6 nitrogen and oxygen atoms in total.